The molecule has 0 atom stereocenters. The summed E-state index contributed by atoms with van der Waals surface area (Å²) in [5, 5.41) is 2.41. The third kappa shape index (κ3) is 8.97. The second-order valence-corrected chi connectivity index (χ2v) is 2.44. The number of rotatable bonds is 7. The Morgan fingerprint density at radius 2 is 2.00 bits per heavy atom. The number of hydrogen-bond acceptors (Lipinski definition) is 4. The first-order valence-corrected chi connectivity index (χ1v) is 4.08. The SMILES string of the molecule is CCOCOCNC(=O)CC(C)=O. The molecular formula is C8H15NO4. The Labute approximate surface area is 77.4 Å². The van der Waals surface area contributed by atoms with E-state index in [-0.39, 0.29) is 31.6 Å². The van der Waals surface area contributed by atoms with Crippen molar-refractivity contribution < 1.29 is 19.1 Å². The first-order valence-electron chi connectivity index (χ1n) is 4.08. The van der Waals surface area contributed by atoms with Gasteiger partial charge in [0.2, 0.25) is 5.91 Å². The van der Waals surface area contributed by atoms with Crippen LogP contribution in [0, 0.1) is 0 Å². The molecule has 1 amide bonds. The van der Waals surface area contributed by atoms with Crippen molar-refractivity contribution in [3.05, 3.63) is 0 Å². The zero-order valence-corrected chi connectivity index (χ0v) is 7.96. The Hall–Kier alpha value is -0.940. The molecule has 1 N–H and O–H groups in total. The Bertz CT molecular complexity index is 170. The van der Waals surface area contributed by atoms with Gasteiger partial charge in [0, 0.05) is 6.61 Å². The number of Topliss-reactive ketones (excluding diaryl/α,β-unsaturated/α-hetero) is 1. The largest absolute Gasteiger partial charge is 0.356 e. The fourth-order valence-corrected chi connectivity index (χ4v) is 0.604. The van der Waals surface area contributed by atoms with Gasteiger partial charge in [-0.15, -0.1) is 0 Å². The summed E-state index contributed by atoms with van der Waals surface area (Å²) < 4.78 is 9.72. The van der Waals surface area contributed by atoms with Gasteiger partial charge < -0.3 is 14.8 Å². The van der Waals surface area contributed by atoms with Crippen LogP contribution >= 0.6 is 0 Å². The van der Waals surface area contributed by atoms with Crippen molar-refractivity contribution in [2.75, 3.05) is 20.1 Å². The van der Waals surface area contributed by atoms with Crippen molar-refractivity contribution in [2.45, 2.75) is 20.3 Å². The van der Waals surface area contributed by atoms with Crippen molar-refractivity contribution in [3.63, 3.8) is 0 Å². The van der Waals surface area contributed by atoms with Crippen LogP contribution in [-0.4, -0.2) is 31.8 Å². The fourth-order valence-electron chi connectivity index (χ4n) is 0.604. The standard InChI is InChI=1S/C8H15NO4/c1-3-12-6-13-5-9-8(11)4-7(2)10/h3-6H2,1-2H3,(H,9,11). The molecule has 5 heteroatoms. The number of hydrogen-bond donors (Lipinski definition) is 1. The predicted octanol–water partition coefficient (Wildman–Crippen LogP) is 0.0498. The number of ketones is 1. The van der Waals surface area contributed by atoms with E-state index in [9.17, 15) is 9.59 Å². The lowest BCUT2D eigenvalue weighted by Gasteiger charge is -2.04. The van der Waals surface area contributed by atoms with Gasteiger partial charge in [-0.1, -0.05) is 0 Å². The zero-order chi connectivity index (χ0) is 10.1. The molecule has 0 aromatic heterocycles. The minimum atomic E-state index is -0.330. The van der Waals surface area contributed by atoms with Crippen LogP contribution in [0.4, 0.5) is 0 Å². The first-order chi connectivity index (χ1) is 6.16. The molecule has 0 saturated heterocycles. The van der Waals surface area contributed by atoms with Gasteiger partial charge in [-0.3, -0.25) is 9.59 Å². The van der Waals surface area contributed by atoms with Crippen LogP contribution in [0.15, 0.2) is 0 Å². The molecule has 0 fully saturated rings. The van der Waals surface area contributed by atoms with Crippen LogP contribution in [0.5, 0.6) is 0 Å². The summed E-state index contributed by atoms with van der Waals surface area (Å²) in [7, 11) is 0. The molecule has 76 valence electrons. The Morgan fingerprint density at radius 1 is 1.31 bits per heavy atom. The molecule has 0 unspecified atom stereocenters. The summed E-state index contributed by atoms with van der Waals surface area (Å²) in [5.74, 6) is -0.494. The van der Waals surface area contributed by atoms with Crippen molar-refractivity contribution in [1.29, 1.82) is 0 Å². The van der Waals surface area contributed by atoms with E-state index in [1.807, 2.05) is 6.92 Å². The Morgan fingerprint density at radius 3 is 2.54 bits per heavy atom. The molecule has 0 aromatic carbocycles. The lowest BCUT2D eigenvalue weighted by atomic mass is 10.3. The quantitative estimate of drug-likeness (QED) is 0.349. The van der Waals surface area contributed by atoms with Gasteiger partial charge in [-0.05, 0) is 13.8 Å². The lowest BCUT2D eigenvalue weighted by Crippen LogP contribution is -2.27. The first kappa shape index (κ1) is 12.1. The molecule has 0 aromatic rings. The summed E-state index contributed by atoms with van der Waals surface area (Å²) in [5.41, 5.74) is 0. The minimum Gasteiger partial charge on any atom is -0.356 e. The third-order valence-corrected chi connectivity index (χ3v) is 1.15. The van der Waals surface area contributed by atoms with E-state index in [1.165, 1.54) is 6.92 Å². The number of amides is 1. The van der Waals surface area contributed by atoms with Gasteiger partial charge >= 0.3 is 0 Å². The highest BCUT2D eigenvalue weighted by molar-refractivity contribution is 5.96. The maximum Gasteiger partial charge on any atom is 0.229 e. The molecule has 0 spiro atoms. The number of carbonyl (C=O) groups excluding carboxylic acids is 2. The summed E-state index contributed by atoms with van der Waals surface area (Å²) >= 11 is 0. The molecule has 0 aliphatic carbocycles. The molecule has 0 bridgehead atoms. The summed E-state index contributed by atoms with van der Waals surface area (Å²) in [6.07, 6.45) is -0.0992. The third-order valence-electron chi connectivity index (χ3n) is 1.15. The maximum absolute atomic E-state index is 10.8. The molecule has 0 rings (SSSR count). The van der Waals surface area contributed by atoms with Crippen molar-refractivity contribution >= 4 is 11.7 Å². The van der Waals surface area contributed by atoms with Gasteiger partial charge in [0.05, 0.1) is 6.42 Å². The second kappa shape index (κ2) is 7.70. The van der Waals surface area contributed by atoms with Gasteiger partial charge in [0.15, 0.2) is 0 Å². The van der Waals surface area contributed by atoms with Gasteiger partial charge in [0.1, 0.15) is 19.3 Å². The van der Waals surface area contributed by atoms with E-state index >= 15 is 0 Å². The van der Waals surface area contributed by atoms with Crippen molar-refractivity contribution in [2.24, 2.45) is 0 Å². The smallest absolute Gasteiger partial charge is 0.229 e. The van der Waals surface area contributed by atoms with Crippen molar-refractivity contribution in [1.82, 2.24) is 5.32 Å². The van der Waals surface area contributed by atoms with Crippen LogP contribution in [0.25, 0.3) is 0 Å². The highest BCUT2D eigenvalue weighted by Gasteiger charge is 2.02. The van der Waals surface area contributed by atoms with E-state index in [0.717, 1.165) is 0 Å². The van der Waals surface area contributed by atoms with E-state index in [1.54, 1.807) is 0 Å². The van der Waals surface area contributed by atoms with Gasteiger partial charge in [-0.25, -0.2) is 0 Å². The normalized spacial score (nSPS) is 9.69. The van der Waals surface area contributed by atoms with Crippen LogP contribution in [-0.2, 0) is 19.1 Å². The van der Waals surface area contributed by atoms with E-state index in [4.69, 9.17) is 9.47 Å². The maximum atomic E-state index is 10.8. The predicted molar refractivity (Wildman–Crippen MR) is 45.9 cm³/mol. The number of nitrogens with one attached hydrogen (secondary N) is 1. The molecule has 5 nitrogen and oxygen atoms in total. The molecule has 0 saturated carbocycles. The lowest BCUT2D eigenvalue weighted by molar-refractivity contribution is -0.129. The fraction of sp³-hybridized carbons (Fsp3) is 0.750. The number of carbonyl (C=O) groups is 2. The minimum absolute atomic E-state index is 0.0755. The summed E-state index contributed by atoms with van der Waals surface area (Å²) in [6, 6.07) is 0. The van der Waals surface area contributed by atoms with Gasteiger partial charge in [-0.2, -0.15) is 0 Å². The zero-order valence-electron chi connectivity index (χ0n) is 7.96. The van der Waals surface area contributed by atoms with Crippen LogP contribution in [0.3, 0.4) is 0 Å². The molecular weight excluding hydrogens is 174 g/mol. The van der Waals surface area contributed by atoms with E-state index < -0.39 is 0 Å². The summed E-state index contributed by atoms with van der Waals surface area (Å²) in [4.78, 5) is 21.3. The highest BCUT2D eigenvalue weighted by Crippen LogP contribution is 1.81. The average molecular weight is 189 g/mol. The topological polar surface area (TPSA) is 64.6 Å². The van der Waals surface area contributed by atoms with Crippen LogP contribution < -0.4 is 5.32 Å². The molecule has 0 aliphatic heterocycles. The molecule has 13 heavy (non-hydrogen) atoms. The molecule has 0 aliphatic rings. The Kier molecular flexibility index (Phi) is 7.14. The van der Waals surface area contributed by atoms with Crippen LogP contribution in [0.1, 0.15) is 20.3 Å². The number of ether oxygens (including phenoxy) is 2. The Balaban J connectivity index is 3.22. The average Bonchev–Trinajstić information content (AvgIpc) is 2.02. The van der Waals surface area contributed by atoms with E-state index in [0.29, 0.717) is 6.61 Å². The summed E-state index contributed by atoms with van der Waals surface area (Å²) in [6.45, 7) is 4.00. The van der Waals surface area contributed by atoms with Gasteiger partial charge in [0.25, 0.3) is 0 Å². The second-order valence-electron chi connectivity index (χ2n) is 2.44. The van der Waals surface area contributed by atoms with E-state index in [2.05, 4.69) is 5.32 Å². The van der Waals surface area contributed by atoms with Crippen molar-refractivity contribution in [3.8, 4) is 0 Å². The molecule has 0 radical (unpaired) electrons. The monoisotopic (exact) mass is 189 g/mol. The molecule has 0 heterocycles. The highest BCUT2D eigenvalue weighted by atomic mass is 16.7. The van der Waals surface area contributed by atoms with Crippen LogP contribution in [0.2, 0.25) is 0 Å².